The monoisotopic (exact) mass is 328 g/mol. The van der Waals surface area contributed by atoms with Crippen molar-refractivity contribution < 1.29 is 44.3 Å². The van der Waals surface area contributed by atoms with E-state index >= 15 is 0 Å². The number of allylic oxidation sites excluding steroid dienone is 6. The third-order valence-electron chi connectivity index (χ3n) is 1.59. The van der Waals surface area contributed by atoms with E-state index in [0.29, 0.717) is 0 Å². The average molecular weight is 328 g/mol. The molecule has 0 atom stereocenters. The summed E-state index contributed by atoms with van der Waals surface area (Å²) in [6, 6.07) is 0. The van der Waals surface area contributed by atoms with E-state index in [1.54, 1.807) is 12.4 Å². The Morgan fingerprint density at radius 3 is 1.33 bits per heavy atom. The molecule has 0 aromatic heterocycles. The predicted molar refractivity (Wildman–Crippen MR) is 50.3 cm³/mol. The van der Waals surface area contributed by atoms with Crippen molar-refractivity contribution in [2.75, 3.05) is 0 Å². The normalized spacial score (nSPS) is 20.3. The molecule has 0 unspecified atom stereocenters. The van der Waals surface area contributed by atoms with Crippen LogP contribution in [0.4, 0.5) is 0 Å². The second kappa shape index (κ2) is 8.78. The van der Waals surface area contributed by atoms with Gasteiger partial charge in [0.25, 0.3) is 0 Å². The molecule has 2 aliphatic heterocycles. The van der Waals surface area contributed by atoms with Crippen LogP contribution in [0.5, 0.6) is 0 Å². The minimum atomic E-state index is 0. The van der Waals surface area contributed by atoms with Crippen LogP contribution in [-0.2, 0) is 19.5 Å². The first-order valence-electron chi connectivity index (χ1n) is 3.79. The van der Waals surface area contributed by atoms with Crippen molar-refractivity contribution in [2.45, 2.75) is 0 Å². The molecule has 0 bridgehead atoms. The molecule has 0 aromatic carbocycles. The molecular formula is C10H8Cl2N2Ru-2. The summed E-state index contributed by atoms with van der Waals surface area (Å²) in [5, 5.41) is 8.37. The largest absolute Gasteiger partial charge is 2.00 e. The zero-order valence-corrected chi connectivity index (χ0v) is 10.9. The van der Waals surface area contributed by atoms with Crippen LogP contribution in [-0.4, -0.2) is 0 Å². The van der Waals surface area contributed by atoms with Crippen LogP contribution < -0.4 is 24.8 Å². The summed E-state index contributed by atoms with van der Waals surface area (Å²) < 4.78 is 0. The first kappa shape index (κ1) is 16.9. The molecule has 82 valence electrons. The molecule has 2 aliphatic rings. The van der Waals surface area contributed by atoms with E-state index in [2.05, 4.69) is 10.6 Å². The molecule has 0 N–H and O–H groups in total. The van der Waals surface area contributed by atoms with Crippen LogP contribution in [0, 0.1) is 0 Å². The molecule has 0 spiro atoms. The van der Waals surface area contributed by atoms with E-state index < -0.39 is 0 Å². The zero-order valence-electron chi connectivity index (χ0n) is 7.62. The van der Waals surface area contributed by atoms with Gasteiger partial charge < -0.3 is 35.4 Å². The number of hydrogen-bond acceptors (Lipinski definition) is 0. The summed E-state index contributed by atoms with van der Waals surface area (Å²) >= 11 is 0. The summed E-state index contributed by atoms with van der Waals surface area (Å²) in [5.74, 6) is 0. The van der Waals surface area contributed by atoms with Crippen LogP contribution in [0.3, 0.4) is 0 Å². The molecule has 0 aliphatic carbocycles. The van der Waals surface area contributed by atoms with Crippen LogP contribution in [0.2, 0.25) is 0 Å². The minimum Gasteiger partial charge on any atom is -1.00 e. The first-order chi connectivity index (χ1) is 5.97. The third kappa shape index (κ3) is 4.70. The Hall–Kier alpha value is -0.497. The van der Waals surface area contributed by atoms with Gasteiger partial charge in [0.1, 0.15) is 0 Å². The van der Waals surface area contributed by atoms with Gasteiger partial charge in [-0.1, -0.05) is 36.5 Å². The predicted octanol–water partition coefficient (Wildman–Crippen LogP) is -2.88. The van der Waals surface area contributed by atoms with Gasteiger partial charge in [-0.3, -0.25) is 0 Å². The third-order valence-corrected chi connectivity index (χ3v) is 1.59. The summed E-state index contributed by atoms with van der Waals surface area (Å²) in [7, 11) is 0. The molecule has 0 amide bonds. The van der Waals surface area contributed by atoms with Gasteiger partial charge in [0.05, 0.1) is 0 Å². The molecule has 0 fully saturated rings. The van der Waals surface area contributed by atoms with Crippen molar-refractivity contribution in [3.05, 3.63) is 70.9 Å². The van der Waals surface area contributed by atoms with E-state index in [1.165, 1.54) is 0 Å². The summed E-state index contributed by atoms with van der Waals surface area (Å²) in [6.07, 6.45) is 15.1. The molecule has 0 saturated carbocycles. The van der Waals surface area contributed by atoms with Crippen LogP contribution >= 0.6 is 0 Å². The van der Waals surface area contributed by atoms with Crippen molar-refractivity contribution in [2.24, 2.45) is 0 Å². The molecule has 15 heavy (non-hydrogen) atoms. The van der Waals surface area contributed by atoms with E-state index in [1.807, 2.05) is 36.5 Å². The van der Waals surface area contributed by atoms with Gasteiger partial charge in [0, 0.05) is 0 Å². The van der Waals surface area contributed by atoms with Gasteiger partial charge >= 0.3 is 19.5 Å². The number of nitrogens with zero attached hydrogens (tertiary/aromatic N) is 2. The number of rotatable bonds is 0. The fourth-order valence-corrected chi connectivity index (χ4v) is 1.03. The summed E-state index contributed by atoms with van der Waals surface area (Å²) in [6.45, 7) is 0. The van der Waals surface area contributed by atoms with E-state index in [4.69, 9.17) is 0 Å². The Morgan fingerprint density at radius 1 is 0.667 bits per heavy atom. The molecule has 2 nitrogen and oxygen atoms in total. The van der Waals surface area contributed by atoms with E-state index in [9.17, 15) is 0 Å². The van der Waals surface area contributed by atoms with Gasteiger partial charge in [-0.25, -0.2) is 0 Å². The quantitative estimate of drug-likeness (QED) is 0.428. The van der Waals surface area contributed by atoms with Crippen molar-refractivity contribution in [3.63, 3.8) is 0 Å². The Balaban J connectivity index is 0. The smallest absolute Gasteiger partial charge is 1.00 e. The van der Waals surface area contributed by atoms with Crippen LogP contribution in [0.25, 0.3) is 10.6 Å². The Labute approximate surface area is 115 Å². The van der Waals surface area contributed by atoms with E-state index in [-0.39, 0.29) is 44.3 Å². The molecule has 0 radical (unpaired) electrons. The van der Waals surface area contributed by atoms with Crippen molar-refractivity contribution in [1.29, 1.82) is 0 Å². The van der Waals surface area contributed by atoms with Crippen molar-refractivity contribution in [3.8, 4) is 0 Å². The van der Waals surface area contributed by atoms with Crippen molar-refractivity contribution >= 4 is 0 Å². The maximum Gasteiger partial charge on any atom is 2.00 e. The molecule has 0 aromatic rings. The first-order valence-corrected chi connectivity index (χ1v) is 3.79. The molecular weight excluding hydrogens is 320 g/mol. The van der Waals surface area contributed by atoms with Gasteiger partial charge in [0.15, 0.2) is 0 Å². The van der Waals surface area contributed by atoms with Gasteiger partial charge in [-0.2, -0.15) is 23.8 Å². The summed E-state index contributed by atoms with van der Waals surface area (Å²) in [5.41, 5.74) is 1.83. The number of hydrogen-bond donors (Lipinski definition) is 0. The maximum atomic E-state index is 4.19. The second-order valence-electron chi connectivity index (χ2n) is 2.43. The Morgan fingerprint density at radius 2 is 1.07 bits per heavy atom. The SMILES string of the molecule is C1=C[N-]C(=C2C=CC=C[N-]2)C=C1.[Cl-].[Cl-].[Ru+2]. The van der Waals surface area contributed by atoms with E-state index in [0.717, 1.165) is 11.4 Å². The van der Waals surface area contributed by atoms with Gasteiger partial charge in [-0.05, 0) is 0 Å². The molecule has 0 saturated heterocycles. The van der Waals surface area contributed by atoms with Gasteiger partial charge in [-0.15, -0.1) is 0 Å². The fraction of sp³-hybridized carbons (Fsp3) is 0. The second-order valence-corrected chi connectivity index (χ2v) is 2.43. The average Bonchev–Trinajstić information content (AvgIpc) is 2.21. The maximum absolute atomic E-state index is 4.19. The van der Waals surface area contributed by atoms with Crippen LogP contribution in [0.15, 0.2) is 60.3 Å². The molecule has 2 heterocycles. The van der Waals surface area contributed by atoms with Crippen LogP contribution in [0.1, 0.15) is 0 Å². The number of halogens is 2. The molecule has 2 rings (SSSR count). The molecule has 5 heteroatoms. The van der Waals surface area contributed by atoms with Crippen molar-refractivity contribution in [1.82, 2.24) is 0 Å². The summed E-state index contributed by atoms with van der Waals surface area (Å²) in [4.78, 5) is 0. The minimum absolute atomic E-state index is 0. The Kier molecular flexibility index (Phi) is 9.90. The standard InChI is InChI=1S/C10H8N2.2ClH.Ru/c1-3-7-11-9(5-1)10-6-2-4-8-12-10;;;/h1-8H;2*1H;/q-2;;;+2/p-2. The fourth-order valence-electron chi connectivity index (χ4n) is 1.03. The zero-order chi connectivity index (χ0) is 8.23. The Bertz CT molecular complexity index is 298. The van der Waals surface area contributed by atoms with Gasteiger partial charge in [0.2, 0.25) is 0 Å². The topological polar surface area (TPSA) is 28.2 Å².